The van der Waals surface area contributed by atoms with Crippen LogP contribution in [-0.2, 0) is 22.2 Å². The van der Waals surface area contributed by atoms with Crippen LogP contribution in [0.2, 0.25) is 0 Å². The molecule has 42 heavy (non-hydrogen) atoms. The maximum atomic E-state index is 13.3. The highest BCUT2D eigenvalue weighted by atomic mass is 32.2. The molecule has 0 aliphatic carbocycles. The standard InChI is InChI=1S/C29H27F7N2O3S/c1-18-14-19(2-13-26(18)20-3-5-21(6-4-20)27(39,28(31,32)33)29(34,35)36)15-37-16-23-9-10-24(17-37)38(23)42(40,41)25-11-7-22(30)8-12-25/h2-8,11-14,23-24,39H,9-10,15-17H2,1H3. The topological polar surface area (TPSA) is 60.9 Å². The number of hydrogen-bond donors (Lipinski definition) is 1. The first-order valence-electron chi connectivity index (χ1n) is 13.1. The van der Waals surface area contributed by atoms with Crippen LogP contribution in [0.5, 0.6) is 0 Å². The van der Waals surface area contributed by atoms with Gasteiger partial charge in [-0.05, 0) is 66.3 Å². The van der Waals surface area contributed by atoms with Gasteiger partial charge in [-0.3, -0.25) is 4.90 Å². The molecule has 3 aromatic carbocycles. The van der Waals surface area contributed by atoms with Gasteiger partial charge in [-0.25, -0.2) is 12.8 Å². The molecule has 3 aromatic rings. The van der Waals surface area contributed by atoms with Crippen LogP contribution in [0, 0.1) is 12.7 Å². The Labute approximate surface area is 238 Å². The zero-order chi connectivity index (χ0) is 30.7. The van der Waals surface area contributed by atoms with E-state index in [1.807, 2.05) is 12.1 Å². The Morgan fingerprint density at radius 3 is 1.88 bits per heavy atom. The molecule has 5 nitrogen and oxygen atoms in total. The number of aliphatic hydroxyl groups is 1. The van der Waals surface area contributed by atoms with Gasteiger partial charge in [0, 0.05) is 37.3 Å². The number of alkyl halides is 6. The monoisotopic (exact) mass is 616 g/mol. The highest BCUT2D eigenvalue weighted by Gasteiger charge is 2.71. The summed E-state index contributed by atoms with van der Waals surface area (Å²) in [6.45, 7) is 3.29. The summed E-state index contributed by atoms with van der Waals surface area (Å²) in [5, 5.41) is 9.63. The third-order valence-corrected chi connectivity index (χ3v) is 10.0. The first-order chi connectivity index (χ1) is 19.5. The van der Waals surface area contributed by atoms with Gasteiger partial charge in [-0.2, -0.15) is 30.6 Å². The molecule has 226 valence electrons. The summed E-state index contributed by atoms with van der Waals surface area (Å²) in [6.07, 6.45) is -10.5. The lowest BCUT2D eigenvalue weighted by atomic mass is 9.90. The second kappa shape index (κ2) is 10.6. The normalized spacial score (nSPS) is 20.7. The summed E-state index contributed by atoms with van der Waals surface area (Å²) < 4.78 is 121. The fraction of sp³-hybridized carbons (Fsp3) is 0.379. The van der Waals surface area contributed by atoms with Crippen LogP contribution in [0.15, 0.2) is 71.6 Å². The number of hydrogen-bond acceptors (Lipinski definition) is 4. The van der Waals surface area contributed by atoms with Crippen molar-refractivity contribution >= 4 is 10.0 Å². The molecule has 0 amide bonds. The van der Waals surface area contributed by atoms with Gasteiger partial charge in [-0.15, -0.1) is 0 Å². The van der Waals surface area contributed by atoms with E-state index in [4.69, 9.17) is 0 Å². The van der Waals surface area contributed by atoms with E-state index in [2.05, 4.69) is 4.90 Å². The number of likely N-dealkylation sites (tertiary alicyclic amines) is 1. The summed E-state index contributed by atoms with van der Waals surface area (Å²) in [6, 6.07) is 13.2. The summed E-state index contributed by atoms with van der Waals surface area (Å²) in [5.74, 6) is -0.518. The van der Waals surface area contributed by atoms with E-state index < -0.39 is 39.4 Å². The first kappa shape index (κ1) is 30.5. The number of aryl methyl sites for hydroxylation is 1. The minimum atomic E-state index is -5.96. The molecule has 1 N–H and O–H groups in total. The molecule has 0 saturated carbocycles. The Morgan fingerprint density at radius 2 is 1.38 bits per heavy atom. The van der Waals surface area contributed by atoms with Crippen LogP contribution in [-0.4, -0.2) is 60.3 Å². The van der Waals surface area contributed by atoms with E-state index in [-0.39, 0.29) is 17.0 Å². The van der Waals surface area contributed by atoms with E-state index in [0.717, 1.165) is 35.4 Å². The Kier molecular flexibility index (Phi) is 7.70. The van der Waals surface area contributed by atoms with Gasteiger partial charge in [0.2, 0.25) is 10.0 Å². The van der Waals surface area contributed by atoms with Gasteiger partial charge < -0.3 is 5.11 Å². The van der Waals surface area contributed by atoms with Crippen LogP contribution in [0.1, 0.15) is 29.5 Å². The minimum Gasteiger partial charge on any atom is -0.369 e. The quantitative estimate of drug-likeness (QED) is 0.338. The van der Waals surface area contributed by atoms with Gasteiger partial charge in [0.25, 0.3) is 5.60 Å². The Morgan fingerprint density at radius 1 is 0.833 bits per heavy atom. The lowest BCUT2D eigenvalue weighted by Gasteiger charge is -2.40. The highest BCUT2D eigenvalue weighted by molar-refractivity contribution is 7.89. The van der Waals surface area contributed by atoms with Crippen molar-refractivity contribution in [1.29, 1.82) is 0 Å². The van der Waals surface area contributed by atoms with Crippen molar-refractivity contribution in [3.8, 4) is 11.1 Å². The molecule has 2 heterocycles. The summed E-state index contributed by atoms with van der Waals surface area (Å²) >= 11 is 0. The van der Waals surface area contributed by atoms with Crippen LogP contribution >= 0.6 is 0 Å². The highest BCUT2D eigenvalue weighted by Crippen LogP contribution is 2.50. The largest absolute Gasteiger partial charge is 0.430 e. The van der Waals surface area contributed by atoms with E-state index in [1.54, 1.807) is 13.0 Å². The van der Waals surface area contributed by atoms with E-state index >= 15 is 0 Å². The fourth-order valence-electron chi connectivity index (χ4n) is 5.99. The van der Waals surface area contributed by atoms with E-state index in [1.165, 1.54) is 16.4 Å². The Balaban J connectivity index is 1.30. The average Bonchev–Trinajstić information content (AvgIpc) is 3.19. The molecular weight excluding hydrogens is 589 g/mol. The van der Waals surface area contributed by atoms with Gasteiger partial charge in [0.15, 0.2) is 0 Å². The Bertz CT molecular complexity index is 1530. The average molecular weight is 617 g/mol. The number of halogens is 7. The molecule has 2 aliphatic rings. The third kappa shape index (κ3) is 5.31. The molecule has 5 rings (SSSR count). The van der Waals surface area contributed by atoms with Crippen molar-refractivity contribution in [2.45, 2.75) is 61.2 Å². The molecule has 2 saturated heterocycles. The van der Waals surface area contributed by atoms with Gasteiger partial charge in [0.05, 0.1) is 4.90 Å². The fourth-order valence-corrected chi connectivity index (χ4v) is 7.84. The number of sulfonamides is 1. The molecule has 2 aliphatic heterocycles. The van der Waals surface area contributed by atoms with Crippen molar-refractivity contribution in [2.75, 3.05) is 13.1 Å². The van der Waals surface area contributed by atoms with Crippen molar-refractivity contribution in [1.82, 2.24) is 9.21 Å². The molecule has 0 radical (unpaired) electrons. The molecule has 0 spiro atoms. The molecular formula is C29H27F7N2O3S. The van der Waals surface area contributed by atoms with Crippen molar-refractivity contribution in [3.05, 3.63) is 89.2 Å². The van der Waals surface area contributed by atoms with Crippen molar-refractivity contribution < 1.29 is 44.3 Å². The van der Waals surface area contributed by atoms with Gasteiger partial charge in [-0.1, -0.05) is 42.5 Å². The van der Waals surface area contributed by atoms with Crippen molar-refractivity contribution in [3.63, 3.8) is 0 Å². The summed E-state index contributed by atoms with van der Waals surface area (Å²) in [7, 11) is -3.78. The van der Waals surface area contributed by atoms with Crippen LogP contribution < -0.4 is 0 Å². The number of nitrogens with zero attached hydrogens (tertiary/aromatic N) is 2. The zero-order valence-electron chi connectivity index (χ0n) is 22.3. The lowest BCUT2D eigenvalue weighted by molar-refractivity contribution is -0.376. The second-order valence-electron chi connectivity index (χ2n) is 10.8. The molecule has 0 aromatic heterocycles. The third-order valence-electron chi connectivity index (χ3n) is 8.01. The number of benzene rings is 3. The van der Waals surface area contributed by atoms with E-state index in [9.17, 15) is 44.3 Å². The van der Waals surface area contributed by atoms with E-state index in [0.29, 0.717) is 55.7 Å². The number of piperazine rings is 1. The zero-order valence-corrected chi connectivity index (χ0v) is 23.1. The number of fused-ring (bicyclic) bond motifs is 2. The minimum absolute atomic E-state index is 0.0509. The maximum Gasteiger partial charge on any atom is 0.430 e. The van der Waals surface area contributed by atoms with Crippen molar-refractivity contribution in [2.24, 2.45) is 0 Å². The second-order valence-corrected chi connectivity index (χ2v) is 12.6. The van der Waals surface area contributed by atoms with Gasteiger partial charge >= 0.3 is 12.4 Å². The van der Waals surface area contributed by atoms with Crippen LogP contribution in [0.4, 0.5) is 30.7 Å². The molecule has 2 fully saturated rings. The maximum absolute atomic E-state index is 13.3. The number of rotatable bonds is 6. The summed E-state index contributed by atoms with van der Waals surface area (Å²) in [4.78, 5) is 2.20. The van der Waals surface area contributed by atoms with Gasteiger partial charge in [0.1, 0.15) is 5.82 Å². The summed E-state index contributed by atoms with van der Waals surface area (Å²) in [5.41, 5.74) is -3.68. The lowest BCUT2D eigenvalue weighted by Crippen LogP contribution is -2.55. The first-order valence-corrected chi connectivity index (χ1v) is 14.5. The molecule has 2 atom stereocenters. The smallest absolute Gasteiger partial charge is 0.369 e. The molecule has 2 bridgehead atoms. The predicted octanol–water partition coefficient (Wildman–Crippen LogP) is 6.15. The molecule has 13 heteroatoms. The Hall–Kier alpha value is -3.00. The predicted molar refractivity (Wildman–Crippen MR) is 140 cm³/mol. The molecule has 2 unspecified atom stereocenters. The van der Waals surface area contributed by atoms with Crippen LogP contribution in [0.3, 0.4) is 0 Å². The SMILES string of the molecule is Cc1cc(CN2CC3CCC(C2)N3S(=O)(=O)c2ccc(F)cc2)ccc1-c1ccc(C(O)(C(F)(F)F)C(F)(F)F)cc1. The van der Waals surface area contributed by atoms with Crippen LogP contribution in [0.25, 0.3) is 11.1 Å².